The first-order valence-electron chi connectivity index (χ1n) is 2.85. The highest BCUT2D eigenvalue weighted by atomic mass is 16.5. The molecule has 4 heteroatoms. The van der Waals surface area contributed by atoms with Crippen LogP contribution >= 0.6 is 0 Å². The molecule has 50 valence electrons. The van der Waals surface area contributed by atoms with E-state index in [0.29, 0.717) is 5.52 Å². The molecule has 0 bridgehead atoms. The second-order valence-electron chi connectivity index (χ2n) is 1.97. The van der Waals surface area contributed by atoms with Crippen LogP contribution in [0.3, 0.4) is 0 Å². The van der Waals surface area contributed by atoms with Crippen LogP contribution in [0.25, 0.3) is 10.9 Å². The summed E-state index contributed by atoms with van der Waals surface area (Å²) in [6.45, 7) is 0. The summed E-state index contributed by atoms with van der Waals surface area (Å²) in [7, 11) is 0. The van der Waals surface area contributed by atoms with Gasteiger partial charge in [-0.25, -0.2) is 0 Å². The van der Waals surface area contributed by atoms with Crippen molar-refractivity contribution in [2.75, 3.05) is 0 Å². The molecule has 1 N–H and O–H groups in total. The summed E-state index contributed by atoms with van der Waals surface area (Å²) in [5.41, 5.74) is 0.627. The van der Waals surface area contributed by atoms with E-state index in [1.807, 2.05) is 0 Å². The normalized spacial score (nSPS) is 10.4. The summed E-state index contributed by atoms with van der Waals surface area (Å²) in [6.07, 6.45) is 4.80. The summed E-state index contributed by atoms with van der Waals surface area (Å²) < 4.78 is 0. The molecule has 0 aliphatic heterocycles. The number of rotatable bonds is 0. The van der Waals surface area contributed by atoms with Crippen molar-refractivity contribution in [1.82, 2.24) is 14.9 Å². The Balaban J connectivity index is 2.93. The summed E-state index contributed by atoms with van der Waals surface area (Å²) >= 11 is 0. The Bertz CT molecular complexity index is 355. The topological polar surface area (TPSA) is 50.9 Å². The fourth-order valence-corrected chi connectivity index (χ4v) is 0.852. The van der Waals surface area contributed by atoms with Crippen molar-refractivity contribution in [1.29, 1.82) is 0 Å². The van der Waals surface area contributed by atoms with Crippen LogP contribution in [-0.4, -0.2) is 20.1 Å². The molecule has 0 aliphatic carbocycles. The van der Waals surface area contributed by atoms with E-state index in [-0.39, 0.29) is 0 Å². The zero-order chi connectivity index (χ0) is 6.97. The highest BCUT2D eigenvalue weighted by molar-refractivity contribution is 5.76. The van der Waals surface area contributed by atoms with Gasteiger partial charge in [0, 0.05) is 11.6 Å². The third kappa shape index (κ3) is 0.556. The van der Waals surface area contributed by atoms with E-state index in [4.69, 9.17) is 5.21 Å². The van der Waals surface area contributed by atoms with Gasteiger partial charge in [0.2, 0.25) is 0 Å². The summed E-state index contributed by atoms with van der Waals surface area (Å²) in [5, 5.41) is 13.5. The van der Waals surface area contributed by atoms with Gasteiger partial charge in [-0.15, -0.1) is 9.94 Å². The molecule has 4 nitrogen and oxygen atoms in total. The highest BCUT2D eigenvalue weighted by Crippen LogP contribution is 2.07. The molecule has 0 radical (unpaired) electrons. The van der Waals surface area contributed by atoms with Crippen LogP contribution < -0.4 is 0 Å². The van der Waals surface area contributed by atoms with Crippen molar-refractivity contribution >= 4 is 10.9 Å². The number of fused-ring (bicyclic) bond motifs is 1. The van der Waals surface area contributed by atoms with Crippen LogP contribution in [0, 0.1) is 0 Å². The van der Waals surface area contributed by atoms with E-state index in [0.717, 1.165) is 10.2 Å². The van der Waals surface area contributed by atoms with Gasteiger partial charge in [-0.1, -0.05) is 0 Å². The van der Waals surface area contributed by atoms with E-state index in [1.165, 1.54) is 0 Å². The van der Waals surface area contributed by atoms with Crippen LogP contribution in [0.15, 0.2) is 24.7 Å². The molecule has 2 aromatic rings. The summed E-state index contributed by atoms with van der Waals surface area (Å²) in [5.74, 6) is 0. The standard InChI is InChI=1S/C6H5N3O/c10-9-6-4-7-2-1-5(6)3-8-9/h1-4,10H. The van der Waals surface area contributed by atoms with Crippen molar-refractivity contribution in [2.24, 2.45) is 0 Å². The zero-order valence-electron chi connectivity index (χ0n) is 5.10. The lowest BCUT2D eigenvalue weighted by molar-refractivity contribution is 0.161. The van der Waals surface area contributed by atoms with E-state index in [9.17, 15) is 0 Å². The Hall–Kier alpha value is -1.58. The predicted octanol–water partition coefficient (Wildman–Crippen LogP) is 0.669. The van der Waals surface area contributed by atoms with Gasteiger partial charge in [0.1, 0.15) is 5.52 Å². The number of hydrogen-bond donors (Lipinski definition) is 1. The van der Waals surface area contributed by atoms with Crippen LogP contribution in [0.4, 0.5) is 0 Å². The van der Waals surface area contributed by atoms with Crippen LogP contribution in [-0.2, 0) is 0 Å². The predicted molar refractivity (Wildman–Crippen MR) is 34.7 cm³/mol. The quantitative estimate of drug-likeness (QED) is 0.540. The first-order valence-corrected chi connectivity index (χ1v) is 2.85. The van der Waals surface area contributed by atoms with E-state index in [2.05, 4.69) is 10.1 Å². The molecular formula is C6H5N3O. The van der Waals surface area contributed by atoms with Crippen LogP contribution in [0.2, 0.25) is 0 Å². The van der Waals surface area contributed by atoms with Crippen molar-refractivity contribution in [3.8, 4) is 0 Å². The van der Waals surface area contributed by atoms with Gasteiger partial charge in [-0.3, -0.25) is 4.98 Å². The molecule has 2 rings (SSSR count). The molecule has 0 spiro atoms. The third-order valence-corrected chi connectivity index (χ3v) is 1.35. The Kier molecular flexibility index (Phi) is 0.887. The maximum atomic E-state index is 8.98. The van der Waals surface area contributed by atoms with E-state index in [1.54, 1.807) is 24.7 Å². The van der Waals surface area contributed by atoms with Crippen molar-refractivity contribution in [2.45, 2.75) is 0 Å². The molecule has 0 aromatic carbocycles. The fraction of sp³-hybridized carbons (Fsp3) is 0. The lowest BCUT2D eigenvalue weighted by Gasteiger charge is -1.87. The second kappa shape index (κ2) is 1.70. The maximum absolute atomic E-state index is 8.98. The molecule has 0 saturated carbocycles. The Morgan fingerprint density at radius 3 is 3.10 bits per heavy atom. The molecule has 10 heavy (non-hydrogen) atoms. The minimum atomic E-state index is 0.627. The number of aromatic nitrogens is 3. The summed E-state index contributed by atoms with van der Waals surface area (Å²) in [6, 6.07) is 1.79. The lowest BCUT2D eigenvalue weighted by Crippen LogP contribution is -1.90. The molecule has 0 amide bonds. The highest BCUT2D eigenvalue weighted by Gasteiger charge is 1.97. The SMILES string of the molecule is On1ncc2ccncc21. The molecule has 2 aromatic heterocycles. The van der Waals surface area contributed by atoms with E-state index >= 15 is 0 Å². The van der Waals surface area contributed by atoms with Crippen LogP contribution in [0.1, 0.15) is 0 Å². The maximum Gasteiger partial charge on any atom is 0.128 e. The molecule has 2 heterocycles. The molecular weight excluding hydrogens is 130 g/mol. The first-order chi connectivity index (χ1) is 4.88. The first kappa shape index (κ1) is 5.22. The molecule has 0 fully saturated rings. The molecule has 0 aliphatic rings. The van der Waals surface area contributed by atoms with Gasteiger partial charge in [0.05, 0.1) is 12.4 Å². The average molecular weight is 135 g/mol. The van der Waals surface area contributed by atoms with Gasteiger partial charge in [-0.05, 0) is 6.07 Å². The molecule has 0 unspecified atom stereocenters. The van der Waals surface area contributed by atoms with Gasteiger partial charge in [-0.2, -0.15) is 0 Å². The Morgan fingerprint density at radius 1 is 1.40 bits per heavy atom. The van der Waals surface area contributed by atoms with Gasteiger partial charge in [0.15, 0.2) is 0 Å². The number of hydrogen-bond acceptors (Lipinski definition) is 3. The van der Waals surface area contributed by atoms with Crippen molar-refractivity contribution in [3.63, 3.8) is 0 Å². The fourth-order valence-electron chi connectivity index (χ4n) is 0.852. The largest absolute Gasteiger partial charge is 0.411 e. The monoisotopic (exact) mass is 135 g/mol. The Labute approximate surface area is 56.7 Å². The zero-order valence-corrected chi connectivity index (χ0v) is 5.10. The minimum Gasteiger partial charge on any atom is -0.411 e. The van der Waals surface area contributed by atoms with Gasteiger partial charge < -0.3 is 5.21 Å². The number of nitrogens with zero attached hydrogens (tertiary/aromatic N) is 3. The minimum absolute atomic E-state index is 0.627. The van der Waals surface area contributed by atoms with Crippen molar-refractivity contribution < 1.29 is 5.21 Å². The lowest BCUT2D eigenvalue weighted by atomic mass is 10.3. The number of pyridine rings is 1. The molecule has 0 saturated heterocycles. The Morgan fingerprint density at radius 2 is 2.30 bits per heavy atom. The van der Waals surface area contributed by atoms with Crippen molar-refractivity contribution in [3.05, 3.63) is 24.7 Å². The average Bonchev–Trinajstić information content (AvgIpc) is 2.34. The van der Waals surface area contributed by atoms with Gasteiger partial charge >= 0.3 is 0 Å². The summed E-state index contributed by atoms with van der Waals surface area (Å²) in [4.78, 5) is 4.63. The third-order valence-electron chi connectivity index (χ3n) is 1.35. The van der Waals surface area contributed by atoms with Crippen LogP contribution in [0.5, 0.6) is 0 Å². The molecule has 0 atom stereocenters. The second-order valence-corrected chi connectivity index (χ2v) is 1.97. The van der Waals surface area contributed by atoms with E-state index < -0.39 is 0 Å². The van der Waals surface area contributed by atoms with Gasteiger partial charge in [0.25, 0.3) is 0 Å². The smallest absolute Gasteiger partial charge is 0.128 e.